The molecule has 14 heteroatoms. The van der Waals surface area contributed by atoms with Crippen LogP contribution >= 0.6 is 0 Å². The van der Waals surface area contributed by atoms with Gasteiger partial charge in [0.05, 0.1) is 28.9 Å². The molecule has 1 N–H and O–H groups in total. The van der Waals surface area contributed by atoms with E-state index < -0.39 is 72.1 Å². The lowest BCUT2D eigenvalue weighted by Gasteiger charge is -2.50. The average Bonchev–Trinajstić information content (AvgIpc) is 3.36. The van der Waals surface area contributed by atoms with Gasteiger partial charge in [-0.15, -0.1) is 0 Å². The van der Waals surface area contributed by atoms with Crippen molar-refractivity contribution in [3.8, 4) is 0 Å². The summed E-state index contributed by atoms with van der Waals surface area (Å²) >= 11 is 0. The number of hydrogen-bond donors (Lipinski definition) is 1. The van der Waals surface area contributed by atoms with Crippen LogP contribution in [0.1, 0.15) is 90.0 Å². The van der Waals surface area contributed by atoms with Crippen LogP contribution in [0.4, 0.5) is 0 Å². The summed E-state index contributed by atoms with van der Waals surface area (Å²) in [5.74, 6) is -7.42. The Kier molecular flexibility index (Phi) is 16.1. The second-order valence-electron chi connectivity index (χ2n) is 16.3. The van der Waals surface area contributed by atoms with Crippen LogP contribution in [0.5, 0.6) is 0 Å². The first-order valence-electron chi connectivity index (χ1n) is 22.2. The van der Waals surface area contributed by atoms with E-state index in [0.717, 1.165) is 11.1 Å². The van der Waals surface area contributed by atoms with Crippen molar-refractivity contribution < 1.29 is 67.0 Å². The van der Waals surface area contributed by atoms with E-state index >= 15 is 0 Å². The fraction of sp³-hybridized carbons (Fsp3) is 0.236. The van der Waals surface area contributed by atoms with Gasteiger partial charge in [-0.05, 0) is 90.2 Å². The largest absolute Gasteiger partial charge is 0.466 e. The average molecular weight is 935 g/mol. The maximum absolute atomic E-state index is 14.4. The number of carbonyl (C=O) groups is 6. The quantitative estimate of drug-likeness (QED) is 0.0687. The summed E-state index contributed by atoms with van der Waals surface area (Å²) in [5, 5.41) is 13.7. The van der Waals surface area contributed by atoms with Gasteiger partial charge in [0, 0.05) is 25.8 Å². The second-order valence-corrected chi connectivity index (χ2v) is 16.3. The lowest BCUT2D eigenvalue weighted by molar-refractivity contribution is -0.360. The highest BCUT2D eigenvalue weighted by atomic mass is 16.7. The van der Waals surface area contributed by atoms with Crippen molar-refractivity contribution in [2.75, 3.05) is 6.61 Å². The van der Waals surface area contributed by atoms with Crippen LogP contribution in [-0.4, -0.2) is 78.0 Å². The Morgan fingerprint density at radius 1 is 0.551 bits per heavy atom. The molecule has 6 aromatic rings. The van der Waals surface area contributed by atoms with Crippen LogP contribution in [0.15, 0.2) is 164 Å². The molecule has 69 heavy (non-hydrogen) atoms. The topological polar surface area (TPSA) is 187 Å². The van der Waals surface area contributed by atoms with Gasteiger partial charge in [-0.3, -0.25) is 9.59 Å². The van der Waals surface area contributed by atoms with Gasteiger partial charge >= 0.3 is 35.8 Å². The van der Waals surface area contributed by atoms with Crippen molar-refractivity contribution in [2.45, 2.75) is 76.5 Å². The molecule has 0 aromatic heterocycles. The monoisotopic (exact) mass is 934 g/mol. The molecule has 0 bridgehead atoms. The smallest absolute Gasteiger partial charge is 0.338 e. The zero-order chi connectivity index (χ0) is 48.9. The van der Waals surface area contributed by atoms with Crippen molar-refractivity contribution in [1.29, 1.82) is 0 Å². The number of hydrogen-bond acceptors (Lipinski definition) is 14. The van der Waals surface area contributed by atoms with Crippen LogP contribution in [0.2, 0.25) is 0 Å². The first kappa shape index (κ1) is 49.0. The van der Waals surface area contributed by atoms with Crippen LogP contribution in [0.25, 0.3) is 0 Å². The number of ether oxygens (including phenoxy) is 7. The third kappa shape index (κ3) is 12.5. The molecule has 1 fully saturated rings. The molecule has 6 atom stereocenters. The summed E-state index contributed by atoms with van der Waals surface area (Å²) in [6, 6.07) is 44.1. The highest BCUT2D eigenvalue weighted by molar-refractivity contribution is 5.92. The predicted octanol–water partition coefficient (Wildman–Crippen LogP) is 7.91. The van der Waals surface area contributed by atoms with Gasteiger partial charge in [-0.25, -0.2) is 19.2 Å². The van der Waals surface area contributed by atoms with Gasteiger partial charge in [-0.2, -0.15) is 0 Å². The first-order chi connectivity index (χ1) is 33.3. The Hall–Kier alpha value is -7.94. The molecule has 14 nitrogen and oxygen atoms in total. The van der Waals surface area contributed by atoms with E-state index in [9.17, 15) is 33.9 Å². The zero-order valence-electron chi connectivity index (χ0n) is 38.1. The zero-order valence-corrected chi connectivity index (χ0v) is 38.1. The van der Waals surface area contributed by atoms with Crippen LogP contribution in [-0.2, 0) is 68.0 Å². The summed E-state index contributed by atoms with van der Waals surface area (Å²) in [6.07, 6.45) is -8.11. The number of esters is 6. The normalized spacial score (nSPS) is 19.0. The van der Waals surface area contributed by atoms with E-state index in [4.69, 9.17) is 33.2 Å². The van der Waals surface area contributed by atoms with Crippen molar-refractivity contribution >= 4 is 35.8 Å². The molecule has 1 heterocycles. The summed E-state index contributed by atoms with van der Waals surface area (Å²) in [4.78, 5) is 80.2. The summed E-state index contributed by atoms with van der Waals surface area (Å²) in [5.41, 5.74) is 2.80. The van der Waals surface area contributed by atoms with Crippen LogP contribution in [0, 0.1) is 0 Å². The molecule has 0 aliphatic carbocycles. The Morgan fingerprint density at radius 2 is 1.00 bits per heavy atom. The Balaban J connectivity index is 1.42. The number of benzene rings is 6. The minimum atomic E-state index is -2.83. The minimum Gasteiger partial charge on any atom is -0.466 e. The maximum atomic E-state index is 14.4. The lowest BCUT2D eigenvalue weighted by atomic mass is 9.82. The SMILES string of the molecule is CC(=O)OCCc1ccc(Cc2ccc(COC(C)=O)cc2[C@@]2(O)O[C@H]([C@H](C)OC(=O)c3ccccc3)[C@@H](OC(=O)c3ccccc3)[C@H](OC(=O)c3ccccc3)[C@H]2OC(=O)c2ccccc2)cc1. The molecular formula is C55H50O14. The lowest BCUT2D eigenvalue weighted by Crippen LogP contribution is -2.68. The number of aliphatic hydroxyl groups is 1. The fourth-order valence-corrected chi connectivity index (χ4v) is 7.82. The summed E-state index contributed by atoms with van der Waals surface area (Å²) < 4.78 is 42.2. The molecule has 354 valence electrons. The molecule has 1 aliphatic rings. The molecular weight excluding hydrogens is 885 g/mol. The van der Waals surface area contributed by atoms with Crippen LogP contribution < -0.4 is 0 Å². The van der Waals surface area contributed by atoms with E-state index in [2.05, 4.69) is 0 Å². The van der Waals surface area contributed by atoms with E-state index in [-0.39, 0.29) is 47.5 Å². The molecule has 0 spiro atoms. The van der Waals surface area contributed by atoms with Gasteiger partial charge in [0.25, 0.3) is 0 Å². The molecule has 7 rings (SSSR count). The Bertz CT molecular complexity index is 2730. The molecule has 0 unspecified atom stereocenters. The number of rotatable bonds is 17. The third-order valence-electron chi connectivity index (χ3n) is 11.3. The molecule has 6 aromatic carbocycles. The first-order valence-corrected chi connectivity index (χ1v) is 22.2. The standard InChI is InChI=1S/C55H50O14/c1-35(65-51(58)41-16-8-4-9-17-41)47-48(66-52(59)42-18-10-5-11-19-42)49(67-53(60)43-20-12-6-13-21-43)50(68-54(61)44-22-14-7-15-23-44)55(62,69-47)46-33-40(34-64-37(3)57)28-29-45(46)32-39-26-24-38(25-27-39)30-31-63-36(2)56/h4-29,33,35,47-50,62H,30-32,34H2,1-3H3/t35-,47+,48+,49-,50+,55+/m0/s1. The van der Waals surface area contributed by atoms with Crippen molar-refractivity contribution in [2.24, 2.45) is 0 Å². The minimum absolute atomic E-state index is 0.0165. The van der Waals surface area contributed by atoms with Crippen molar-refractivity contribution in [3.05, 3.63) is 214 Å². The van der Waals surface area contributed by atoms with E-state index in [0.29, 0.717) is 17.5 Å². The van der Waals surface area contributed by atoms with E-state index in [1.807, 2.05) is 24.3 Å². The Morgan fingerprint density at radius 3 is 1.51 bits per heavy atom. The van der Waals surface area contributed by atoms with Gasteiger partial charge in [-0.1, -0.05) is 109 Å². The van der Waals surface area contributed by atoms with Gasteiger partial charge < -0.3 is 38.3 Å². The number of carbonyl (C=O) groups excluding carboxylic acids is 6. The Labute approximate surface area is 398 Å². The van der Waals surface area contributed by atoms with E-state index in [1.165, 1.54) is 75.4 Å². The predicted molar refractivity (Wildman–Crippen MR) is 249 cm³/mol. The fourth-order valence-electron chi connectivity index (χ4n) is 7.82. The summed E-state index contributed by atoms with van der Waals surface area (Å²) in [7, 11) is 0. The van der Waals surface area contributed by atoms with Crippen molar-refractivity contribution in [3.63, 3.8) is 0 Å². The van der Waals surface area contributed by atoms with Gasteiger partial charge in [0.15, 0.2) is 12.2 Å². The van der Waals surface area contributed by atoms with Crippen molar-refractivity contribution in [1.82, 2.24) is 0 Å². The van der Waals surface area contributed by atoms with Gasteiger partial charge in [0.2, 0.25) is 11.9 Å². The molecule has 0 radical (unpaired) electrons. The molecule has 0 amide bonds. The second kappa shape index (κ2) is 22.7. The third-order valence-corrected chi connectivity index (χ3v) is 11.3. The highest BCUT2D eigenvalue weighted by Crippen LogP contribution is 2.44. The van der Waals surface area contributed by atoms with E-state index in [1.54, 1.807) is 84.9 Å². The summed E-state index contributed by atoms with van der Waals surface area (Å²) in [6.45, 7) is 3.98. The maximum Gasteiger partial charge on any atom is 0.338 e. The highest BCUT2D eigenvalue weighted by Gasteiger charge is 2.62. The van der Waals surface area contributed by atoms with Crippen LogP contribution in [0.3, 0.4) is 0 Å². The molecule has 1 aliphatic heterocycles. The molecule has 0 saturated carbocycles. The molecule has 1 saturated heterocycles. The van der Waals surface area contributed by atoms with Gasteiger partial charge in [0.1, 0.15) is 18.8 Å².